The lowest BCUT2D eigenvalue weighted by molar-refractivity contribution is -0.121. The van der Waals surface area contributed by atoms with E-state index in [2.05, 4.69) is 27.5 Å². The van der Waals surface area contributed by atoms with Crippen LogP contribution in [0.2, 0.25) is 0 Å². The zero-order chi connectivity index (χ0) is 24.4. The van der Waals surface area contributed by atoms with E-state index in [1.165, 1.54) is 0 Å². The number of hydrogen-bond donors (Lipinski definition) is 2. The molecule has 35 heavy (non-hydrogen) atoms. The molecule has 1 saturated heterocycles. The maximum atomic E-state index is 13.3. The molecule has 1 aromatic heterocycles. The summed E-state index contributed by atoms with van der Waals surface area (Å²) in [6.07, 6.45) is 4.55. The van der Waals surface area contributed by atoms with Gasteiger partial charge in [-0.05, 0) is 81.2 Å². The summed E-state index contributed by atoms with van der Waals surface area (Å²) in [5.74, 6) is 1.85. The third kappa shape index (κ3) is 5.12. The Bertz CT molecular complexity index is 1210. The molecule has 3 heterocycles. The average Bonchev–Trinajstić information content (AvgIpc) is 3.30. The van der Waals surface area contributed by atoms with Crippen LogP contribution >= 0.6 is 0 Å². The number of ether oxygens (including phenoxy) is 3. The molecule has 3 aromatic rings. The smallest absolute Gasteiger partial charge is 0.231 e. The number of piperidine rings is 1. The fourth-order valence-electron chi connectivity index (χ4n) is 4.83. The highest BCUT2D eigenvalue weighted by Gasteiger charge is 2.28. The number of H-pyrrole nitrogens is 1. The Balaban J connectivity index is 1.37. The summed E-state index contributed by atoms with van der Waals surface area (Å²) in [6, 6.07) is 11.6. The highest BCUT2D eigenvalue weighted by molar-refractivity contribution is 5.95. The van der Waals surface area contributed by atoms with Crippen molar-refractivity contribution in [3.05, 3.63) is 53.9 Å². The molecular formula is C27H32N4O4. The number of anilines is 1. The fraction of sp³-hybridized carbons (Fsp3) is 0.407. The Kier molecular flexibility index (Phi) is 6.63. The molecule has 184 valence electrons. The standard InChI is InChI=1S/C27H32N4O4/c1-17-23(14-28-30-17)18-6-8-24(26(13-18)35-22-5-4-10-31(2)15-22)29-27(32)20-11-19-12-21(33-3)7-9-25(19)34-16-20/h6-9,12-14,20,22H,4-5,10-11,15-16H2,1-3H3,(H,28,30)(H,29,32)/t20-,22+/m1/s1. The highest BCUT2D eigenvalue weighted by atomic mass is 16.5. The monoisotopic (exact) mass is 476 g/mol. The van der Waals surface area contributed by atoms with Crippen LogP contribution in [-0.4, -0.2) is 61.0 Å². The van der Waals surface area contributed by atoms with Crippen molar-refractivity contribution < 1.29 is 19.0 Å². The summed E-state index contributed by atoms with van der Waals surface area (Å²) < 4.78 is 17.7. The molecule has 0 saturated carbocycles. The van der Waals surface area contributed by atoms with Crippen LogP contribution in [0, 0.1) is 12.8 Å². The Morgan fingerprint density at radius 2 is 2.14 bits per heavy atom. The largest absolute Gasteiger partial charge is 0.497 e. The topological polar surface area (TPSA) is 88.7 Å². The van der Waals surface area contributed by atoms with Crippen molar-refractivity contribution in [1.82, 2.24) is 15.1 Å². The van der Waals surface area contributed by atoms with E-state index in [1.807, 2.05) is 49.5 Å². The van der Waals surface area contributed by atoms with E-state index in [0.717, 1.165) is 59.8 Å². The molecule has 1 fully saturated rings. The molecule has 2 atom stereocenters. The Morgan fingerprint density at radius 1 is 1.26 bits per heavy atom. The number of hydrogen-bond acceptors (Lipinski definition) is 6. The van der Waals surface area contributed by atoms with Gasteiger partial charge < -0.3 is 24.4 Å². The molecule has 0 spiro atoms. The van der Waals surface area contributed by atoms with Crippen molar-refractivity contribution in [2.24, 2.45) is 5.92 Å². The normalized spacial score (nSPS) is 20.0. The maximum Gasteiger partial charge on any atom is 0.231 e. The number of nitrogens with one attached hydrogen (secondary N) is 2. The van der Waals surface area contributed by atoms with Crippen LogP contribution in [0.5, 0.6) is 17.2 Å². The average molecular weight is 477 g/mol. The second-order valence-corrected chi connectivity index (χ2v) is 9.44. The lowest BCUT2D eigenvalue weighted by atomic mass is 9.95. The number of likely N-dealkylation sites (tertiary alicyclic amines) is 1. The quantitative estimate of drug-likeness (QED) is 0.558. The van der Waals surface area contributed by atoms with Crippen molar-refractivity contribution in [3.63, 3.8) is 0 Å². The van der Waals surface area contributed by atoms with E-state index in [0.29, 0.717) is 24.5 Å². The van der Waals surface area contributed by atoms with E-state index in [4.69, 9.17) is 14.2 Å². The molecule has 2 aliphatic rings. The highest BCUT2D eigenvalue weighted by Crippen LogP contribution is 2.35. The molecule has 0 bridgehead atoms. The van der Waals surface area contributed by atoms with Crippen LogP contribution in [0.25, 0.3) is 11.1 Å². The van der Waals surface area contributed by atoms with Crippen LogP contribution in [0.15, 0.2) is 42.6 Å². The Hall–Kier alpha value is -3.52. The zero-order valence-electron chi connectivity index (χ0n) is 20.5. The van der Waals surface area contributed by atoms with E-state index in [9.17, 15) is 4.79 Å². The van der Waals surface area contributed by atoms with Crippen LogP contribution in [0.1, 0.15) is 24.1 Å². The number of rotatable bonds is 6. The van der Waals surface area contributed by atoms with Gasteiger partial charge >= 0.3 is 0 Å². The van der Waals surface area contributed by atoms with Gasteiger partial charge in [0.05, 0.1) is 24.9 Å². The number of aryl methyl sites for hydroxylation is 1. The van der Waals surface area contributed by atoms with Crippen molar-refractivity contribution in [2.45, 2.75) is 32.3 Å². The molecule has 2 N–H and O–H groups in total. The fourth-order valence-corrected chi connectivity index (χ4v) is 4.83. The van der Waals surface area contributed by atoms with E-state index < -0.39 is 0 Å². The number of aromatic amines is 1. The lowest BCUT2D eigenvalue weighted by Gasteiger charge is -2.31. The molecule has 0 unspecified atom stereocenters. The van der Waals surface area contributed by atoms with Gasteiger partial charge in [0.1, 0.15) is 30.0 Å². The summed E-state index contributed by atoms with van der Waals surface area (Å²) in [7, 11) is 3.75. The Labute approximate surface area is 205 Å². The van der Waals surface area contributed by atoms with Crippen molar-refractivity contribution in [3.8, 4) is 28.4 Å². The maximum absolute atomic E-state index is 13.3. The molecule has 2 aliphatic heterocycles. The van der Waals surface area contributed by atoms with Crippen molar-refractivity contribution >= 4 is 11.6 Å². The third-order valence-corrected chi connectivity index (χ3v) is 6.80. The summed E-state index contributed by atoms with van der Waals surface area (Å²) in [4.78, 5) is 15.6. The molecule has 8 heteroatoms. The van der Waals surface area contributed by atoms with Crippen LogP contribution in [0.3, 0.4) is 0 Å². The van der Waals surface area contributed by atoms with Crippen molar-refractivity contribution in [2.75, 3.05) is 39.2 Å². The first-order valence-corrected chi connectivity index (χ1v) is 12.1. The number of carbonyl (C=O) groups is 1. The minimum Gasteiger partial charge on any atom is -0.497 e. The molecule has 2 aromatic carbocycles. The number of methoxy groups -OCH3 is 1. The van der Waals surface area contributed by atoms with Crippen molar-refractivity contribution in [1.29, 1.82) is 0 Å². The van der Waals surface area contributed by atoms with Gasteiger partial charge in [0.15, 0.2) is 0 Å². The van der Waals surface area contributed by atoms with Gasteiger partial charge in [-0.3, -0.25) is 9.89 Å². The number of aromatic nitrogens is 2. The summed E-state index contributed by atoms with van der Waals surface area (Å²) in [5.41, 5.74) is 4.64. The lowest BCUT2D eigenvalue weighted by Crippen LogP contribution is -2.38. The number of carbonyl (C=O) groups excluding carboxylic acids is 1. The minimum absolute atomic E-state index is 0.0717. The van der Waals surface area contributed by atoms with Gasteiger partial charge in [-0.1, -0.05) is 6.07 Å². The van der Waals surface area contributed by atoms with Gasteiger partial charge in [0.2, 0.25) is 5.91 Å². The first-order valence-electron chi connectivity index (χ1n) is 12.1. The molecule has 1 amide bonds. The molecular weight excluding hydrogens is 444 g/mol. The molecule has 0 radical (unpaired) electrons. The minimum atomic E-state index is -0.306. The van der Waals surface area contributed by atoms with Crippen LogP contribution < -0.4 is 19.5 Å². The van der Waals surface area contributed by atoms with Gasteiger partial charge in [0, 0.05) is 17.8 Å². The summed E-state index contributed by atoms with van der Waals surface area (Å²) >= 11 is 0. The van der Waals surface area contributed by atoms with Gasteiger partial charge in [-0.2, -0.15) is 5.10 Å². The van der Waals surface area contributed by atoms with Gasteiger partial charge in [-0.25, -0.2) is 0 Å². The number of fused-ring (bicyclic) bond motifs is 1. The third-order valence-electron chi connectivity index (χ3n) is 6.80. The molecule has 8 nitrogen and oxygen atoms in total. The van der Waals surface area contributed by atoms with E-state index in [-0.39, 0.29) is 17.9 Å². The second kappa shape index (κ2) is 10.00. The van der Waals surface area contributed by atoms with E-state index >= 15 is 0 Å². The first kappa shape index (κ1) is 23.2. The number of likely N-dealkylation sites (N-methyl/N-ethyl adjacent to an activating group) is 1. The van der Waals surface area contributed by atoms with Gasteiger partial charge in [-0.15, -0.1) is 0 Å². The second-order valence-electron chi connectivity index (χ2n) is 9.44. The number of benzene rings is 2. The summed E-state index contributed by atoms with van der Waals surface area (Å²) in [5, 5.41) is 10.3. The van der Waals surface area contributed by atoms with E-state index in [1.54, 1.807) is 7.11 Å². The predicted octanol–water partition coefficient (Wildman–Crippen LogP) is 4.06. The number of nitrogens with zero attached hydrogens (tertiary/aromatic N) is 2. The SMILES string of the molecule is COc1ccc2c(c1)C[C@@H](C(=O)Nc1ccc(-c3cn[nH]c3C)cc1O[C@H]1CCCN(C)C1)CO2. The zero-order valence-corrected chi connectivity index (χ0v) is 20.5. The van der Waals surface area contributed by atoms with Crippen LogP contribution in [-0.2, 0) is 11.2 Å². The Morgan fingerprint density at radius 3 is 2.91 bits per heavy atom. The molecule has 5 rings (SSSR count). The predicted molar refractivity (Wildman–Crippen MR) is 134 cm³/mol. The van der Waals surface area contributed by atoms with Gasteiger partial charge in [0.25, 0.3) is 0 Å². The summed E-state index contributed by atoms with van der Waals surface area (Å²) in [6.45, 7) is 4.26. The first-order chi connectivity index (χ1) is 17.0. The van der Waals surface area contributed by atoms with Crippen LogP contribution in [0.4, 0.5) is 5.69 Å². The molecule has 0 aliphatic carbocycles. The number of amides is 1.